The van der Waals surface area contributed by atoms with E-state index in [1.165, 1.54) is 116 Å². The van der Waals surface area contributed by atoms with Crippen LogP contribution in [0.4, 0.5) is 0 Å². The molecule has 9 nitrogen and oxygen atoms in total. The van der Waals surface area contributed by atoms with Gasteiger partial charge in [-0.2, -0.15) is 0 Å². The lowest BCUT2D eigenvalue weighted by Gasteiger charge is -2.28. The molecule has 0 aromatic rings. The number of nitrogens with zero attached hydrogens (tertiary/aromatic N) is 1. The molecular weight excluding hydrogens is 1040 g/mol. The number of rotatable bonds is 59. The number of carbonyl (C=O) groups is 2. The number of unbranched alkanes of at least 4 members (excludes halogenated alkanes) is 23. The lowest BCUT2D eigenvalue weighted by molar-refractivity contribution is -0.870. The second kappa shape index (κ2) is 61.7. The van der Waals surface area contributed by atoms with Crippen molar-refractivity contribution in [1.29, 1.82) is 0 Å². The van der Waals surface area contributed by atoms with Crippen molar-refractivity contribution in [3.05, 3.63) is 134 Å². The van der Waals surface area contributed by atoms with Gasteiger partial charge < -0.3 is 27.9 Å². The topological polar surface area (TPSA) is 111 Å². The SMILES string of the molecule is CC/C=C\C/C=C\C/C=C\C/C=C\C/C=C\C/C=C\C/C=C\C/C=C\C/C=C\C/C=C\CCCCCCCCCCC(=O)OC(COC(=O)CCCCCCCCCCC/C=C\CCCCCCCC)COP(=O)([O-])OCC[N+](C)(C)C. The highest BCUT2D eigenvalue weighted by Crippen LogP contribution is 2.38. The van der Waals surface area contributed by atoms with Crippen LogP contribution in [0.3, 0.4) is 0 Å². The molecule has 0 saturated carbocycles. The van der Waals surface area contributed by atoms with E-state index < -0.39 is 26.5 Å². The van der Waals surface area contributed by atoms with Gasteiger partial charge >= 0.3 is 11.9 Å². The van der Waals surface area contributed by atoms with Crippen molar-refractivity contribution in [1.82, 2.24) is 0 Å². The molecule has 2 atom stereocenters. The second-order valence-corrected chi connectivity index (χ2v) is 24.2. The van der Waals surface area contributed by atoms with Crippen LogP contribution in [0.1, 0.15) is 258 Å². The molecule has 0 aliphatic rings. The van der Waals surface area contributed by atoms with Crippen LogP contribution < -0.4 is 4.89 Å². The van der Waals surface area contributed by atoms with Gasteiger partial charge in [-0.05, 0) is 116 Å². The summed E-state index contributed by atoms with van der Waals surface area (Å²) in [4.78, 5) is 38.0. The summed E-state index contributed by atoms with van der Waals surface area (Å²) in [6.07, 6.45) is 89.4. The molecule has 0 aromatic heterocycles. The molecule has 0 radical (unpaired) electrons. The fourth-order valence-corrected chi connectivity index (χ4v) is 9.35. The third-order valence-corrected chi connectivity index (χ3v) is 14.6. The van der Waals surface area contributed by atoms with E-state index in [1.807, 2.05) is 21.1 Å². The van der Waals surface area contributed by atoms with Gasteiger partial charge in [-0.3, -0.25) is 14.2 Å². The van der Waals surface area contributed by atoms with Gasteiger partial charge in [0.05, 0.1) is 27.7 Å². The number of carbonyl (C=O) groups excluding carboxylic acids is 2. The Kier molecular flexibility index (Phi) is 58.8. The molecule has 0 fully saturated rings. The number of phosphoric ester groups is 1. The Hall–Kier alpha value is -3.85. The van der Waals surface area contributed by atoms with Crippen LogP contribution in [0.25, 0.3) is 0 Å². The van der Waals surface area contributed by atoms with Crippen LogP contribution in [0.2, 0.25) is 0 Å². The molecule has 0 rings (SSSR count). The van der Waals surface area contributed by atoms with Crippen molar-refractivity contribution in [3.63, 3.8) is 0 Å². The third kappa shape index (κ3) is 65.3. The highest BCUT2D eigenvalue weighted by Gasteiger charge is 2.22. The molecule has 0 amide bonds. The number of hydrogen-bond donors (Lipinski definition) is 0. The zero-order valence-electron chi connectivity index (χ0n) is 53.1. The highest BCUT2D eigenvalue weighted by atomic mass is 31.2. The Morgan fingerprint density at radius 3 is 1.05 bits per heavy atom. The first kappa shape index (κ1) is 78.1. The lowest BCUT2D eigenvalue weighted by atomic mass is 10.1. The van der Waals surface area contributed by atoms with Crippen LogP contribution in [0.5, 0.6) is 0 Å². The largest absolute Gasteiger partial charge is 0.756 e. The fraction of sp³-hybridized carbons (Fsp3) is 0.667. The Bertz CT molecular complexity index is 1850. The molecule has 0 aromatic carbocycles. The minimum absolute atomic E-state index is 0.0386. The summed E-state index contributed by atoms with van der Waals surface area (Å²) < 4.78 is 34.2. The Morgan fingerprint density at radius 1 is 0.390 bits per heavy atom. The zero-order chi connectivity index (χ0) is 59.8. The monoisotopic (exact) mass is 1160 g/mol. The molecular formula is C72H122NO8P. The molecule has 2 unspecified atom stereocenters. The van der Waals surface area contributed by atoms with Crippen molar-refractivity contribution in [2.45, 2.75) is 264 Å². The standard InChI is InChI=1S/C72H122NO8P/c1-6-8-10-12-14-16-18-20-22-24-26-27-28-29-30-31-32-33-34-35-36-37-38-39-40-41-42-43-44-45-47-49-51-53-55-57-59-61-63-65-72(75)81-70(69-80-82(76,77)79-67-66-73(3,4)5)68-78-71(74)64-62-60-58-56-54-52-50-48-46-25-23-21-19-17-15-13-11-9-7-2/h8,10,14,16,20-23,26-27,29-30,32-33,35-36,38-39,41-42,44-45,70H,6-7,9,11-13,15,17-19,24-25,28,31,34,37,40,43,46-69H2,1-5H3/b10-8-,16-14-,22-20-,23-21-,27-26-,30-29-,33-32-,36-35-,39-38-,42-41-,45-44-. The quantitative estimate of drug-likeness (QED) is 0.0195. The minimum Gasteiger partial charge on any atom is -0.756 e. The van der Waals surface area contributed by atoms with Crippen molar-refractivity contribution in [3.8, 4) is 0 Å². The van der Waals surface area contributed by atoms with Crippen LogP contribution in [0.15, 0.2) is 134 Å². The second-order valence-electron chi connectivity index (χ2n) is 22.7. The number of phosphoric acid groups is 1. The van der Waals surface area contributed by atoms with Crippen molar-refractivity contribution >= 4 is 19.8 Å². The Morgan fingerprint density at radius 2 is 0.695 bits per heavy atom. The van der Waals surface area contributed by atoms with E-state index in [0.29, 0.717) is 17.4 Å². The van der Waals surface area contributed by atoms with E-state index >= 15 is 0 Å². The number of esters is 2. The van der Waals surface area contributed by atoms with Crippen LogP contribution >= 0.6 is 7.82 Å². The molecule has 0 aliphatic heterocycles. The van der Waals surface area contributed by atoms with E-state index in [4.69, 9.17) is 18.5 Å². The third-order valence-electron chi connectivity index (χ3n) is 13.7. The predicted molar refractivity (Wildman–Crippen MR) is 351 cm³/mol. The van der Waals surface area contributed by atoms with Crippen LogP contribution in [-0.4, -0.2) is 70.0 Å². The minimum atomic E-state index is -4.65. The first-order valence-corrected chi connectivity index (χ1v) is 34.4. The van der Waals surface area contributed by atoms with E-state index in [9.17, 15) is 19.0 Å². The van der Waals surface area contributed by atoms with Gasteiger partial charge in [0.2, 0.25) is 0 Å². The predicted octanol–water partition coefficient (Wildman–Crippen LogP) is 20.6. The van der Waals surface area contributed by atoms with Crippen molar-refractivity contribution in [2.24, 2.45) is 0 Å². The van der Waals surface area contributed by atoms with Gasteiger partial charge in [-0.1, -0.05) is 263 Å². The molecule has 10 heteroatoms. The van der Waals surface area contributed by atoms with Crippen molar-refractivity contribution < 1.29 is 42.1 Å². The summed E-state index contributed by atoms with van der Waals surface area (Å²) >= 11 is 0. The normalized spacial score (nSPS) is 14.1. The Labute approximate surface area is 504 Å². The number of ether oxygens (including phenoxy) is 2. The summed E-state index contributed by atoms with van der Waals surface area (Å²) in [7, 11) is 1.15. The van der Waals surface area contributed by atoms with Crippen molar-refractivity contribution in [2.75, 3.05) is 47.5 Å². The maximum atomic E-state index is 12.8. The average molecular weight is 1160 g/mol. The maximum absolute atomic E-state index is 12.8. The summed E-state index contributed by atoms with van der Waals surface area (Å²) in [5.74, 6) is -0.848. The molecule has 468 valence electrons. The van der Waals surface area contributed by atoms with Gasteiger partial charge in [-0.15, -0.1) is 0 Å². The fourth-order valence-electron chi connectivity index (χ4n) is 8.62. The smallest absolute Gasteiger partial charge is 0.306 e. The zero-order valence-corrected chi connectivity index (χ0v) is 54.0. The van der Waals surface area contributed by atoms with Gasteiger partial charge in [0, 0.05) is 12.8 Å². The van der Waals surface area contributed by atoms with Gasteiger partial charge in [-0.25, -0.2) is 0 Å². The number of allylic oxidation sites excluding steroid dienone is 22. The summed E-state index contributed by atoms with van der Waals surface area (Å²) in [5.41, 5.74) is 0. The van der Waals surface area contributed by atoms with E-state index in [2.05, 4.69) is 148 Å². The van der Waals surface area contributed by atoms with E-state index in [-0.39, 0.29) is 32.0 Å². The Balaban J connectivity index is 4.13. The summed E-state index contributed by atoms with van der Waals surface area (Å²) in [6.45, 7) is 4.11. The molecule has 0 heterocycles. The van der Waals surface area contributed by atoms with Crippen LogP contribution in [0, 0.1) is 0 Å². The van der Waals surface area contributed by atoms with Crippen LogP contribution in [-0.2, 0) is 32.7 Å². The first-order valence-electron chi connectivity index (χ1n) is 32.9. The number of quaternary nitrogens is 1. The molecule has 82 heavy (non-hydrogen) atoms. The number of hydrogen-bond acceptors (Lipinski definition) is 8. The molecule has 0 spiro atoms. The van der Waals surface area contributed by atoms with Gasteiger partial charge in [0.25, 0.3) is 7.82 Å². The molecule has 0 saturated heterocycles. The van der Waals surface area contributed by atoms with Gasteiger partial charge in [0.1, 0.15) is 19.8 Å². The lowest BCUT2D eigenvalue weighted by Crippen LogP contribution is -2.37. The average Bonchev–Trinajstić information content (AvgIpc) is 3.46. The first-order chi connectivity index (χ1) is 40.0. The molecule has 0 bridgehead atoms. The number of likely N-dealkylation sites (N-methyl/N-ethyl adjacent to an activating group) is 1. The molecule has 0 N–H and O–H groups in total. The van der Waals surface area contributed by atoms with Gasteiger partial charge in [0.15, 0.2) is 6.10 Å². The van der Waals surface area contributed by atoms with E-state index in [0.717, 1.165) is 109 Å². The van der Waals surface area contributed by atoms with E-state index in [1.54, 1.807) is 0 Å². The highest BCUT2D eigenvalue weighted by molar-refractivity contribution is 7.45. The summed E-state index contributed by atoms with van der Waals surface area (Å²) in [5, 5.41) is 0. The molecule has 0 aliphatic carbocycles. The summed E-state index contributed by atoms with van der Waals surface area (Å²) in [6, 6.07) is 0. The maximum Gasteiger partial charge on any atom is 0.306 e.